The van der Waals surface area contributed by atoms with Gasteiger partial charge >= 0.3 is 0 Å². The van der Waals surface area contributed by atoms with Gasteiger partial charge < -0.3 is 0 Å². The minimum Gasteiger partial charge on any atom is -0.147 e. The summed E-state index contributed by atoms with van der Waals surface area (Å²) in [6, 6.07) is 1.94. The summed E-state index contributed by atoms with van der Waals surface area (Å²) in [5.41, 5.74) is 0. The first kappa shape index (κ1) is 7.83. The summed E-state index contributed by atoms with van der Waals surface area (Å²) in [5.74, 6) is 0. The molecule has 1 rings (SSSR count). The van der Waals surface area contributed by atoms with E-state index in [1.807, 2.05) is 17.5 Å². The molecule has 0 bridgehead atoms. The lowest BCUT2D eigenvalue weighted by atomic mass is 10.3. The Kier molecular flexibility index (Phi) is 2.97. The Morgan fingerprint density at radius 3 is 3.00 bits per heavy atom. The van der Waals surface area contributed by atoms with Crippen LogP contribution in [0.1, 0.15) is 11.3 Å². The van der Waals surface area contributed by atoms with Crippen LogP contribution < -0.4 is 0 Å². The van der Waals surface area contributed by atoms with Gasteiger partial charge in [-0.25, -0.2) is 0 Å². The lowest BCUT2D eigenvalue weighted by Gasteiger charge is -1.91. The third-order valence-corrected chi connectivity index (χ3v) is 2.71. The molecule has 0 atom stereocenters. The zero-order valence-corrected chi connectivity index (χ0v) is 7.21. The van der Waals surface area contributed by atoms with E-state index in [1.165, 1.54) is 4.88 Å². The Bertz CT molecular complexity index is 215. The predicted octanol–water partition coefficient (Wildman–Crippen LogP) is 3.52. The van der Waals surface area contributed by atoms with Crippen molar-refractivity contribution in [3.05, 3.63) is 34.0 Å². The molecule has 1 heterocycles. The molecule has 0 aliphatic rings. The number of aryl methyl sites for hydroxylation is 1. The third kappa shape index (κ3) is 1.86. The van der Waals surface area contributed by atoms with Crippen LogP contribution in [0.3, 0.4) is 0 Å². The molecule has 0 amide bonds. The summed E-state index contributed by atoms with van der Waals surface area (Å²) in [6.45, 7) is 3.65. The fourth-order valence-electron chi connectivity index (χ4n) is 0.737. The van der Waals surface area contributed by atoms with Crippen LogP contribution in [0.2, 0.25) is 5.02 Å². The number of rotatable bonds is 3. The molecule has 1 aromatic heterocycles. The van der Waals surface area contributed by atoms with Gasteiger partial charge in [0.05, 0.1) is 5.02 Å². The van der Waals surface area contributed by atoms with Crippen LogP contribution in [0.15, 0.2) is 24.1 Å². The molecule has 0 aliphatic carbocycles. The second kappa shape index (κ2) is 3.79. The van der Waals surface area contributed by atoms with Crippen LogP contribution >= 0.6 is 22.9 Å². The zero-order chi connectivity index (χ0) is 7.40. The molecule has 2 heteroatoms. The van der Waals surface area contributed by atoms with Crippen LogP contribution in [-0.2, 0) is 6.42 Å². The van der Waals surface area contributed by atoms with Gasteiger partial charge in [0.15, 0.2) is 0 Å². The summed E-state index contributed by atoms with van der Waals surface area (Å²) in [6.07, 6.45) is 3.95. The Balaban J connectivity index is 2.56. The first-order valence-electron chi connectivity index (χ1n) is 3.17. The molecule has 0 spiro atoms. The molecule has 0 aromatic carbocycles. The quantitative estimate of drug-likeness (QED) is 0.612. The van der Waals surface area contributed by atoms with Gasteiger partial charge in [-0.15, -0.1) is 17.9 Å². The van der Waals surface area contributed by atoms with Crippen LogP contribution in [-0.4, -0.2) is 0 Å². The number of allylic oxidation sites excluding steroid dienone is 1. The van der Waals surface area contributed by atoms with E-state index in [2.05, 4.69) is 6.58 Å². The van der Waals surface area contributed by atoms with Crippen molar-refractivity contribution in [3.8, 4) is 0 Å². The molecule has 0 saturated carbocycles. The molecule has 0 saturated heterocycles. The molecular formula is C8H9ClS. The second-order valence-electron chi connectivity index (χ2n) is 2.02. The summed E-state index contributed by atoms with van der Waals surface area (Å²) in [7, 11) is 0. The van der Waals surface area contributed by atoms with E-state index in [9.17, 15) is 0 Å². The monoisotopic (exact) mass is 172 g/mol. The Morgan fingerprint density at radius 1 is 1.70 bits per heavy atom. The van der Waals surface area contributed by atoms with Gasteiger partial charge in [0.25, 0.3) is 0 Å². The molecule has 0 radical (unpaired) electrons. The first-order valence-corrected chi connectivity index (χ1v) is 4.43. The van der Waals surface area contributed by atoms with Crippen molar-refractivity contribution in [1.29, 1.82) is 0 Å². The Labute approximate surface area is 70.1 Å². The van der Waals surface area contributed by atoms with E-state index in [1.54, 1.807) is 11.3 Å². The molecule has 54 valence electrons. The van der Waals surface area contributed by atoms with E-state index in [0.29, 0.717) is 0 Å². The molecule has 1 aromatic rings. The van der Waals surface area contributed by atoms with Crippen molar-refractivity contribution in [1.82, 2.24) is 0 Å². The van der Waals surface area contributed by atoms with Gasteiger partial charge in [-0.2, -0.15) is 0 Å². The molecular weight excluding hydrogens is 164 g/mol. The minimum absolute atomic E-state index is 0.895. The van der Waals surface area contributed by atoms with Crippen LogP contribution in [0.4, 0.5) is 0 Å². The number of halogens is 1. The summed E-state index contributed by atoms with van der Waals surface area (Å²) >= 11 is 7.56. The Morgan fingerprint density at radius 2 is 2.50 bits per heavy atom. The minimum atomic E-state index is 0.895. The standard InChI is InChI=1S/C8H9ClS/c1-2-3-4-8-7(9)5-6-10-8/h2,5-6H,1,3-4H2. The number of thiophene rings is 1. The van der Waals surface area contributed by atoms with E-state index in [4.69, 9.17) is 11.6 Å². The van der Waals surface area contributed by atoms with Crippen molar-refractivity contribution in [2.45, 2.75) is 12.8 Å². The highest BCUT2D eigenvalue weighted by Crippen LogP contribution is 2.23. The van der Waals surface area contributed by atoms with Crippen LogP contribution in [0.25, 0.3) is 0 Å². The number of hydrogen-bond donors (Lipinski definition) is 0. The maximum Gasteiger partial charge on any atom is 0.0545 e. The zero-order valence-electron chi connectivity index (χ0n) is 5.64. The average molecular weight is 173 g/mol. The summed E-state index contributed by atoms with van der Waals surface area (Å²) < 4.78 is 0. The van der Waals surface area contributed by atoms with Gasteiger partial charge in [-0.05, 0) is 24.3 Å². The maximum atomic E-state index is 5.85. The molecule has 0 nitrogen and oxygen atoms in total. The number of hydrogen-bond acceptors (Lipinski definition) is 1. The highest BCUT2D eigenvalue weighted by molar-refractivity contribution is 7.10. The van der Waals surface area contributed by atoms with Crippen molar-refractivity contribution in [3.63, 3.8) is 0 Å². The average Bonchev–Trinajstić information content (AvgIpc) is 2.31. The van der Waals surface area contributed by atoms with Crippen LogP contribution in [0, 0.1) is 0 Å². The second-order valence-corrected chi connectivity index (χ2v) is 3.43. The van der Waals surface area contributed by atoms with Crippen molar-refractivity contribution in [2.75, 3.05) is 0 Å². The normalized spacial score (nSPS) is 9.70. The van der Waals surface area contributed by atoms with E-state index in [0.717, 1.165) is 17.9 Å². The van der Waals surface area contributed by atoms with Crippen molar-refractivity contribution < 1.29 is 0 Å². The van der Waals surface area contributed by atoms with Gasteiger partial charge in [0.2, 0.25) is 0 Å². The predicted molar refractivity (Wildman–Crippen MR) is 47.8 cm³/mol. The van der Waals surface area contributed by atoms with E-state index < -0.39 is 0 Å². The van der Waals surface area contributed by atoms with Gasteiger partial charge in [-0.1, -0.05) is 17.7 Å². The molecule has 10 heavy (non-hydrogen) atoms. The molecule has 0 unspecified atom stereocenters. The topological polar surface area (TPSA) is 0 Å². The Hall–Kier alpha value is -0.270. The van der Waals surface area contributed by atoms with Crippen molar-refractivity contribution in [2.24, 2.45) is 0 Å². The lowest BCUT2D eigenvalue weighted by molar-refractivity contribution is 1.03. The first-order chi connectivity index (χ1) is 4.84. The third-order valence-electron chi connectivity index (χ3n) is 1.27. The van der Waals surface area contributed by atoms with Gasteiger partial charge in [0, 0.05) is 4.88 Å². The summed E-state index contributed by atoms with van der Waals surface area (Å²) in [4.78, 5) is 1.27. The fourth-order valence-corrected chi connectivity index (χ4v) is 1.89. The fraction of sp³-hybridized carbons (Fsp3) is 0.250. The lowest BCUT2D eigenvalue weighted by Crippen LogP contribution is -1.75. The summed E-state index contributed by atoms with van der Waals surface area (Å²) in [5, 5.41) is 2.91. The smallest absolute Gasteiger partial charge is 0.0545 e. The van der Waals surface area contributed by atoms with Crippen LogP contribution in [0.5, 0.6) is 0 Å². The van der Waals surface area contributed by atoms with Gasteiger partial charge in [0.1, 0.15) is 0 Å². The molecule has 0 aliphatic heterocycles. The van der Waals surface area contributed by atoms with Gasteiger partial charge in [-0.3, -0.25) is 0 Å². The van der Waals surface area contributed by atoms with E-state index >= 15 is 0 Å². The highest BCUT2D eigenvalue weighted by atomic mass is 35.5. The largest absolute Gasteiger partial charge is 0.147 e. The highest BCUT2D eigenvalue weighted by Gasteiger charge is 1.98. The SMILES string of the molecule is C=CCCc1sccc1Cl. The van der Waals surface area contributed by atoms with Crippen molar-refractivity contribution >= 4 is 22.9 Å². The van der Waals surface area contributed by atoms with E-state index in [-0.39, 0.29) is 0 Å². The molecule has 0 N–H and O–H groups in total. The maximum absolute atomic E-state index is 5.85. The molecule has 0 fully saturated rings.